The normalized spacial score (nSPS) is 18.9. The Morgan fingerprint density at radius 1 is 0.964 bits per heavy atom. The predicted molar refractivity (Wildman–Crippen MR) is 108 cm³/mol. The molecule has 0 unspecified atom stereocenters. The van der Waals surface area contributed by atoms with Crippen molar-refractivity contribution in [2.24, 2.45) is 0 Å². The van der Waals surface area contributed by atoms with Crippen LogP contribution in [0.2, 0.25) is 0 Å². The van der Waals surface area contributed by atoms with E-state index in [1.54, 1.807) is 18.2 Å². The smallest absolute Gasteiger partial charge is 0.163 e. The zero-order valence-electron chi connectivity index (χ0n) is 16.4. The van der Waals surface area contributed by atoms with Gasteiger partial charge in [0.25, 0.3) is 0 Å². The van der Waals surface area contributed by atoms with E-state index in [9.17, 15) is 17.8 Å². The number of aryl methyl sites for hydroxylation is 2. The highest BCUT2D eigenvalue weighted by Crippen LogP contribution is 2.32. The van der Waals surface area contributed by atoms with Gasteiger partial charge in [-0.25, -0.2) is 17.7 Å². The van der Waals surface area contributed by atoms with Crippen LogP contribution in [0.3, 0.4) is 0 Å². The van der Waals surface area contributed by atoms with Crippen LogP contribution in [0.25, 0.3) is 0 Å². The second kappa shape index (κ2) is 8.21. The van der Waals surface area contributed by atoms with Gasteiger partial charge in [-0.2, -0.15) is 0 Å². The third-order valence-corrected chi connectivity index (χ3v) is 6.59. The third-order valence-electron chi connectivity index (χ3n) is 4.98. The maximum absolute atomic E-state index is 13.1. The average Bonchev–Trinajstić information content (AvgIpc) is 3.18. The second-order valence-electron chi connectivity index (χ2n) is 8.16. The molecule has 3 nitrogen and oxygen atoms in total. The van der Waals surface area contributed by atoms with Crippen LogP contribution in [0.1, 0.15) is 66.7 Å². The molecule has 2 aliphatic rings. The maximum Gasteiger partial charge on any atom is 0.163 e. The molecule has 1 N–H and O–H groups in total. The molecule has 2 atom stereocenters. The Kier molecular flexibility index (Phi) is 6.10. The van der Waals surface area contributed by atoms with E-state index in [1.807, 2.05) is 20.8 Å². The largest absolute Gasteiger partial charge is 0.294 e. The fraction of sp³-hybridized carbons (Fsp3) is 0.409. The fourth-order valence-electron chi connectivity index (χ4n) is 3.44. The molecule has 2 aromatic carbocycles. The number of nitrogens with one attached hydrogen (secondary N) is 1. The molecule has 0 saturated carbocycles. The zero-order chi connectivity index (χ0) is 20.5. The molecule has 0 amide bonds. The topological polar surface area (TPSA) is 46.2 Å². The van der Waals surface area contributed by atoms with Gasteiger partial charge in [-0.1, -0.05) is 6.07 Å². The number of ketones is 1. The first kappa shape index (κ1) is 20.8. The molecule has 0 aromatic heterocycles. The van der Waals surface area contributed by atoms with Crippen molar-refractivity contribution in [3.05, 3.63) is 70.3 Å². The molecule has 0 bridgehead atoms. The standard InChI is InChI=1S/C13H18FNOS.C9H7FO/c1-13(2,3)17(16)15-12-7-4-9-8-10(14)5-6-11(9)12;10-7-2-3-8-6(5-7)1-4-9(8)11/h5-6,8,12,15H,4,7H2,1-3H3;2-3,5H,1,4H2/t12-,17-;/m0./s1. The van der Waals surface area contributed by atoms with Gasteiger partial charge in [-0.3, -0.25) is 4.79 Å². The molecule has 0 aliphatic heterocycles. The highest BCUT2D eigenvalue weighted by Gasteiger charge is 2.28. The van der Waals surface area contributed by atoms with E-state index in [4.69, 9.17) is 0 Å². The number of rotatable bonds is 2. The van der Waals surface area contributed by atoms with Crippen molar-refractivity contribution in [2.45, 2.75) is 57.2 Å². The van der Waals surface area contributed by atoms with E-state index in [-0.39, 0.29) is 28.2 Å². The van der Waals surface area contributed by atoms with Gasteiger partial charge in [0.05, 0.1) is 15.7 Å². The van der Waals surface area contributed by atoms with Crippen LogP contribution in [0.5, 0.6) is 0 Å². The van der Waals surface area contributed by atoms with Crippen LogP contribution < -0.4 is 4.72 Å². The van der Waals surface area contributed by atoms with Gasteiger partial charge in [-0.15, -0.1) is 0 Å². The minimum absolute atomic E-state index is 0.0886. The summed E-state index contributed by atoms with van der Waals surface area (Å²) in [5, 5.41) is 0. The summed E-state index contributed by atoms with van der Waals surface area (Å²) in [5.74, 6) is -0.306. The lowest BCUT2D eigenvalue weighted by atomic mass is 10.1. The summed E-state index contributed by atoms with van der Waals surface area (Å²) in [6.45, 7) is 5.82. The van der Waals surface area contributed by atoms with Crippen LogP contribution in [0, 0.1) is 11.6 Å². The van der Waals surface area contributed by atoms with Crippen molar-refractivity contribution in [1.82, 2.24) is 4.72 Å². The van der Waals surface area contributed by atoms with Crippen molar-refractivity contribution >= 4 is 16.8 Å². The first-order valence-electron chi connectivity index (χ1n) is 9.43. The minimum Gasteiger partial charge on any atom is -0.294 e. The SMILES string of the molecule is CC(C)(C)[S@](=O)N[C@H]1CCc2cc(F)ccc21.O=C1CCc2cc(F)ccc21. The molecule has 0 fully saturated rings. The molecule has 2 aromatic rings. The maximum atomic E-state index is 13.1. The highest BCUT2D eigenvalue weighted by molar-refractivity contribution is 7.84. The Morgan fingerprint density at radius 2 is 1.61 bits per heavy atom. The van der Waals surface area contributed by atoms with E-state index in [0.29, 0.717) is 18.4 Å². The van der Waals surface area contributed by atoms with Crippen LogP contribution >= 0.6 is 0 Å². The van der Waals surface area contributed by atoms with Crippen LogP contribution in [-0.4, -0.2) is 14.7 Å². The molecule has 4 rings (SSSR count). The van der Waals surface area contributed by atoms with Gasteiger partial charge >= 0.3 is 0 Å². The Morgan fingerprint density at radius 3 is 2.29 bits per heavy atom. The summed E-state index contributed by atoms with van der Waals surface area (Å²) >= 11 is 0. The number of carbonyl (C=O) groups excluding carboxylic acids is 1. The van der Waals surface area contributed by atoms with Crippen molar-refractivity contribution in [1.29, 1.82) is 0 Å². The average molecular weight is 406 g/mol. The number of fused-ring (bicyclic) bond motifs is 2. The molecule has 6 heteroatoms. The van der Waals surface area contributed by atoms with Gasteiger partial charge in [0.1, 0.15) is 11.6 Å². The van der Waals surface area contributed by atoms with E-state index < -0.39 is 11.0 Å². The van der Waals surface area contributed by atoms with Gasteiger partial charge in [0, 0.05) is 18.0 Å². The molecule has 0 spiro atoms. The molecule has 0 saturated heterocycles. The number of hydrogen-bond donors (Lipinski definition) is 1. The van der Waals surface area contributed by atoms with Crippen molar-refractivity contribution in [2.75, 3.05) is 0 Å². The lowest BCUT2D eigenvalue weighted by Gasteiger charge is -2.22. The number of Topliss-reactive ketones (excluding diaryl/α,β-unsaturated/α-hetero) is 1. The Bertz CT molecular complexity index is 921. The summed E-state index contributed by atoms with van der Waals surface area (Å²) in [7, 11) is -1.08. The van der Waals surface area contributed by atoms with Crippen molar-refractivity contribution in [3.63, 3.8) is 0 Å². The van der Waals surface area contributed by atoms with Crippen LogP contribution in [0.15, 0.2) is 36.4 Å². The summed E-state index contributed by atoms with van der Waals surface area (Å²) < 4.78 is 40.5. The summed E-state index contributed by atoms with van der Waals surface area (Å²) in [6.07, 6.45) is 2.98. The van der Waals surface area contributed by atoms with E-state index in [0.717, 1.165) is 29.5 Å². The second-order valence-corrected chi connectivity index (χ2v) is 10.2. The number of halogens is 2. The molecular weight excluding hydrogens is 380 g/mol. The molecule has 150 valence electrons. The van der Waals surface area contributed by atoms with Crippen LogP contribution in [-0.2, 0) is 23.8 Å². The lowest BCUT2D eigenvalue weighted by Crippen LogP contribution is -2.35. The van der Waals surface area contributed by atoms with Crippen molar-refractivity contribution < 1.29 is 17.8 Å². The molecular formula is C22H25F2NO2S. The summed E-state index contributed by atoms with van der Waals surface area (Å²) in [4.78, 5) is 11.1. The number of benzene rings is 2. The Hall–Kier alpha value is -1.92. The van der Waals surface area contributed by atoms with Gasteiger partial charge < -0.3 is 0 Å². The monoisotopic (exact) mass is 405 g/mol. The lowest BCUT2D eigenvalue weighted by molar-refractivity contribution is 0.0994. The van der Waals surface area contributed by atoms with E-state index in [1.165, 1.54) is 18.2 Å². The Labute approximate surface area is 167 Å². The fourth-order valence-corrected chi connectivity index (χ4v) is 4.30. The zero-order valence-corrected chi connectivity index (χ0v) is 17.2. The molecule has 0 heterocycles. The first-order valence-corrected chi connectivity index (χ1v) is 10.6. The Balaban J connectivity index is 0.000000176. The van der Waals surface area contributed by atoms with Gasteiger partial charge in [0.2, 0.25) is 0 Å². The molecule has 0 radical (unpaired) electrons. The molecule has 28 heavy (non-hydrogen) atoms. The van der Waals surface area contributed by atoms with Crippen LogP contribution in [0.4, 0.5) is 8.78 Å². The highest BCUT2D eigenvalue weighted by atomic mass is 32.2. The molecule has 2 aliphatic carbocycles. The number of hydrogen-bond acceptors (Lipinski definition) is 2. The summed E-state index contributed by atoms with van der Waals surface area (Å²) in [5.41, 5.74) is 3.68. The first-order chi connectivity index (χ1) is 13.1. The van der Waals surface area contributed by atoms with Gasteiger partial charge in [0.15, 0.2) is 5.78 Å². The number of carbonyl (C=O) groups is 1. The predicted octanol–water partition coefficient (Wildman–Crippen LogP) is 4.82. The van der Waals surface area contributed by atoms with Gasteiger partial charge in [-0.05, 0) is 87.1 Å². The summed E-state index contributed by atoms with van der Waals surface area (Å²) in [6, 6.07) is 9.29. The van der Waals surface area contributed by atoms with E-state index >= 15 is 0 Å². The quantitative estimate of drug-likeness (QED) is 0.779. The third kappa shape index (κ3) is 4.73. The van der Waals surface area contributed by atoms with Crippen molar-refractivity contribution in [3.8, 4) is 0 Å². The van der Waals surface area contributed by atoms with E-state index in [2.05, 4.69) is 4.72 Å². The minimum atomic E-state index is -1.08.